The van der Waals surface area contributed by atoms with Crippen molar-refractivity contribution >= 4 is 6.29 Å². The zero-order valence-corrected chi connectivity index (χ0v) is 10.6. The second-order valence-corrected chi connectivity index (χ2v) is 4.24. The van der Waals surface area contributed by atoms with Crippen LogP contribution in [0.15, 0.2) is 35.7 Å². The molecular weight excluding hydrogens is 214 g/mol. The third kappa shape index (κ3) is 3.75. The van der Waals surface area contributed by atoms with Crippen LogP contribution in [0.3, 0.4) is 0 Å². The van der Waals surface area contributed by atoms with Crippen molar-refractivity contribution in [3.63, 3.8) is 0 Å². The third-order valence-electron chi connectivity index (χ3n) is 3.00. The summed E-state index contributed by atoms with van der Waals surface area (Å²) in [5.41, 5.74) is 7.70. The van der Waals surface area contributed by atoms with Gasteiger partial charge in [-0.05, 0) is 20.0 Å². The highest BCUT2D eigenvalue weighted by Crippen LogP contribution is 2.11. The largest absolute Gasteiger partial charge is 0.398 e. The monoisotopic (exact) mass is 235 g/mol. The quantitative estimate of drug-likeness (QED) is 0.443. The van der Waals surface area contributed by atoms with Gasteiger partial charge in [0.05, 0.1) is 0 Å². The summed E-state index contributed by atoms with van der Waals surface area (Å²) in [6.07, 6.45) is 4.24. The summed E-state index contributed by atoms with van der Waals surface area (Å²) >= 11 is 0. The van der Waals surface area contributed by atoms with Crippen molar-refractivity contribution < 1.29 is 4.79 Å². The zero-order chi connectivity index (χ0) is 12.8. The van der Waals surface area contributed by atoms with Gasteiger partial charge in [-0.2, -0.15) is 0 Å². The Labute approximate surface area is 103 Å². The van der Waals surface area contributed by atoms with Crippen LogP contribution in [0, 0.1) is 0 Å². The summed E-state index contributed by atoms with van der Waals surface area (Å²) in [7, 11) is 2.11. The smallest absolute Gasteiger partial charge is 0.151 e. The molecular formula is C13H21N3O. The number of hydrogen-bond acceptors (Lipinski definition) is 4. The molecule has 1 aliphatic heterocycles. The highest BCUT2D eigenvalue weighted by Gasteiger charge is 2.14. The van der Waals surface area contributed by atoms with E-state index < -0.39 is 0 Å². The summed E-state index contributed by atoms with van der Waals surface area (Å²) < 4.78 is 0. The molecule has 0 aromatic carbocycles. The molecule has 4 heteroatoms. The Morgan fingerprint density at radius 3 is 2.35 bits per heavy atom. The van der Waals surface area contributed by atoms with Crippen LogP contribution in [0.5, 0.6) is 0 Å². The van der Waals surface area contributed by atoms with Gasteiger partial charge in [0.2, 0.25) is 0 Å². The van der Waals surface area contributed by atoms with Crippen LogP contribution in [-0.2, 0) is 4.79 Å². The topological polar surface area (TPSA) is 49.6 Å². The first-order chi connectivity index (χ1) is 8.08. The molecule has 4 nitrogen and oxygen atoms in total. The van der Waals surface area contributed by atoms with E-state index in [0.29, 0.717) is 11.3 Å². The average Bonchev–Trinajstić information content (AvgIpc) is 2.31. The lowest BCUT2D eigenvalue weighted by molar-refractivity contribution is -0.104. The van der Waals surface area contributed by atoms with E-state index in [1.807, 2.05) is 0 Å². The fraction of sp³-hybridized carbons (Fsp3) is 0.462. The molecule has 0 aromatic rings. The van der Waals surface area contributed by atoms with Crippen LogP contribution in [0.25, 0.3) is 0 Å². The minimum Gasteiger partial charge on any atom is -0.398 e. The minimum atomic E-state index is 0.478. The summed E-state index contributed by atoms with van der Waals surface area (Å²) in [5.74, 6) is 0. The number of aldehydes is 1. The first-order valence-electron chi connectivity index (χ1n) is 5.80. The molecule has 1 rings (SSSR count). The highest BCUT2D eigenvalue weighted by atomic mass is 16.1. The standard InChI is InChI=1S/C13H21N3O/c1-4-12(10-17)13(14)9-11(2)16-7-5-15(3)6-8-16/h4,9-10H,2,5-8,14H2,1,3H3/b12-4-,13-9+. The van der Waals surface area contributed by atoms with Gasteiger partial charge < -0.3 is 15.5 Å². The van der Waals surface area contributed by atoms with Crippen molar-refractivity contribution in [3.8, 4) is 0 Å². The Morgan fingerprint density at radius 1 is 1.29 bits per heavy atom. The van der Waals surface area contributed by atoms with Crippen LogP contribution in [0.4, 0.5) is 0 Å². The van der Waals surface area contributed by atoms with Crippen LogP contribution < -0.4 is 5.73 Å². The molecule has 0 unspecified atom stereocenters. The number of hydrogen-bond donors (Lipinski definition) is 1. The molecule has 0 atom stereocenters. The van der Waals surface area contributed by atoms with Crippen LogP contribution in [0.2, 0.25) is 0 Å². The number of allylic oxidation sites excluding steroid dienone is 3. The molecule has 0 spiro atoms. The molecule has 1 saturated heterocycles. The maximum atomic E-state index is 10.7. The molecule has 0 aromatic heterocycles. The Morgan fingerprint density at radius 2 is 1.88 bits per heavy atom. The molecule has 94 valence electrons. The van der Waals surface area contributed by atoms with E-state index in [9.17, 15) is 4.79 Å². The number of likely N-dealkylation sites (N-methyl/N-ethyl adjacent to an activating group) is 1. The maximum Gasteiger partial charge on any atom is 0.151 e. The molecule has 1 heterocycles. The van der Waals surface area contributed by atoms with Gasteiger partial charge in [0.15, 0.2) is 6.29 Å². The Hall–Kier alpha value is -1.55. The Bertz CT molecular complexity index is 350. The van der Waals surface area contributed by atoms with Gasteiger partial charge in [0.1, 0.15) is 0 Å². The SMILES string of the molecule is C=C(/C=C(N)\C(C=O)=C/C)N1CCN(C)CC1. The molecule has 2 N–H and O–H groups in total. The van der Waals surface area contributed by atoms with Crippen LogP contribution in [-0.4, -0.2) is 49.3 Å². The summed E-state index contributed by atoms with van der Waals surface area (Å²) in [6, 6.07) is 0. The molecule has 0 aliphatic carbocycles. The van der Waals surface area contributed by atoms with E-state index in [-0.39, 0.29) is 0 Å². The van der Waals surface area contributed by atoms with Crippen molar-refractivity contribution in [1.82, 2.24) is 9.80 Å². The van der Waals surface area contributed by atoms with E-state index >= 15 is 0 Å². The summed E-state index contributed by atoms with van der Waals surface area (Å²) in [5, 5.41) is 0. The molecule has 1 aliphatic rings. The summed E-state index contributed by atoms with van der Waals surface area (Å²) in [6.45, 7) is 9.75. The van der Waals surface area contributed by atoms with Gasteiger partial charge in [0, 0.05) is 43.1 Å². The lowest BCUT2D eigenvalue weighted by Crippen LogP contribution is -2.43. The van der Waals surface area contributed by atoms with Gasteiger partial charge in [0.25, 0.3) is 0 Å². The number of nitrogens with zero attached hydrogens (tertiary/aromatic N) is 2. The minimum absolute atomic E-state index is 0.478. The van der Waals surface area contributed by atoms with Gasteiger partial charge in [-0.15, -0.1) is 0 Å². The number of nitrogens with two attached hydrogens (primary N) is 1. The third-order valence-corrected chi connectivity index (χ3v) is 3.00. The maximum absolute atomic E-state index is 10.7. The van der Waals surface area contributed by atoms with E-state index in [1.54, 1.807) is 19.1 Å². The van der Waals surface area contributed by atoms with Crippen LogP contribution >= 0.6 is 0 Å². The van der Waals surface area contributed by atoms with Crippen molar-refractivity contribution in [2.45, 2.75) is 6.92 Å². The van der Waals surface area contributed by atoms with Gasteiger partial charge in [-0.25, -0.2) is 0 Å². The second kappa shape index (κ2) is 6.25. The second-order valence-electron chi connectivity index (χ2n) is 4.24. The Kier molecular flexibility index (Phi) is 4.97. The van der Waals surface area contributed by atoms with Crippen molar-refractivity contribution in [2.75, 3.05) is 33.2 Å². The number of carbonyl (C=O) groups is 1. The van der Waals surface area contributed by atoms with Gasteiger partial charge in [-0.3, -0.25) is 4.79 Å². The van der Waals surface area contributed by atoms with Crippen molar-refractivity contribution in [1.29, 1.82) is 0 Å². The number of carbonyl (C=O) groups excluding carboxylic acids is 1. The molecule has 17 heavy (non-hydrogen) atoms. The fourth-order valence-electron chi connectivity index (χ4n) is 1.75. The normalized spacial score (nSPS) is 19.3. The summed E-state index contributed by atoms with van der Waals surface area (Å²) in [4.78, 5) is 15.2. The number of rotatable bonds is 4. The van der Waals surface area contributed by atoms with Gasteiger partial charge in [-0.1, -0.05) is 12.7 Å². The zero-order valence-electron chi connectivity index (χ0n) is 10.6. The average molecular weight is 235 g/mol. The Balaban J connectivity index is 2.65. The molecule has 0 amide bonds. The van der Waals surface area contributed by atoms with E-state index in [2.05, 4.69) is 23.4 Å². The van der Waals surface area contributed by atoms with Crippen LogP contribution in [0.1, 0.15) is 6.92 Å². The highest BCUT2D eigenvalue weighted by molar-refractivity contribution is 5.79. The van der Waals surface area contributed by atoms with Crippen molar-refractivity contribution in [3.05, 3.63) is 35.7 Å². The van der Waals surface area contributed by atoms with E-state index in [4.69, 9.17) is 5.73 Å². The van der Waals surface area contributed by atoms with Crippen molar-refractivity contribution in [2.24, 2.45) is 5.73 Å². The molecule has 0 saturated carbocycles. The lowest BCUT2D eigenvalue weighted by atomic mass is 10.1. The van der Waals surface area contributed by atoms with E-state index in [0.717, 1.165) is 38.2 Å². The first kappa shape index (κ1) is 13.5. The van der Waals surface area contributed by atoms with Gasteiger partial charge >= 0.3 is 0 Å². The lowest BCUT2D eigenvalue weighted by Gasteiger charge is -2.34. The first-order valence-corrected chi connectivity index (χ1v) is 5.80. The predicted molar refractivity (Wildman–Crippen MR) is 70.3 cm³/mol. The fourth-order valence-corrected chi connectivity index (χ4v) is 1.75. The number of piperazine rings is 1. The molecule has 0 bridgehead atoms. The molecule has 0 radical (unpaired) electrons. The van der Waals surface area contributed by atoms with E-state index in [1.165, 1.54) is 0 Å². The predicted octanol–water partition coefficient (Wildman–Crippen LogP) is 0.735. The molecule has 1 fully saturated rings.